The van der Waals surface area contributed by atoms with Crippen LogP contribution in [0.3, 0.4) is 0 Å². The fourth-order valence-electron chi connectivity index (χ4n) is 2.79. The zero-order valence-corrected chi connectivity index (χ0v) is 15.2. The Labute approximate surface area is 162 Å². The van der Waals surface area contributed by atoms with Gasteiger partial charge in [-0.3, -0.25) is 4.79 Å². The number of benzene rings is 3. The Morgan fingerprint density at radius 2 is 1.57 bits per heavy atom. The lowest BCUT2D eigenvalue weighted by molar-refractivity contribution is -0.136. The Bertz CT molecular complexity index is 933. The molecule has 3 aromatic carbocycles. The van der Waals surface area contributed by atoms with E-state index >= 15 is 0 Å². The zero-order valence-electron chi connectivity index (χ0n) is 15.2. The smallest absolute Gasteiger partial charge is 0.281 e. The number of carbonyl (C=O) groups excluding carboxylic acids is 1. The van der Waals surface area contributed by atoms with Crippen LogP contribution in [0.25, 0.3) is 0 Å². The Kier molecular flexibility index (Phi) is 5.72. The largest absolute Gasteiger partial charge is 0.507 e. The number of phenolic OH excluding ortho intramolecular Hbond substituents is 1. The molecule has 6 nitrogen and oxygen atoms in total. The summed E-state index contributed by atoms with van der Waals surface area (Å²) in [5.41, 5.74) is 1.64. The molecule has 0 aromatic heterocycles. The number of hydrogen-bond donors (Lipinski definition) is 3. The van der Waals surface area contributed by atoms with Gasteiger partial charge in [0.05, 0.1) is 13.3 Å². The van der Waals surface area contributed by atoms with E-state index in [2.05, 4.69) is 10.5 Å². The van der Waals surface area contributed by atoms with E-state index in [0.29, 0.717) is 22.4 Å². The molecular weight excluding hydrogens is 356 g/mol. The van der Waals surface area contributed by atoms with Crippen LogP contribution in [0.2, 0.25) is 0 Å². The summed E-state index contributed by atoms with van der Waals surface area (Å²) in [6.45, 7) is 0. The van der Waals surface area contributed by atoms with Crippen molar-refractivity contribution in [1.29, 1.82) is 0 Å². The summed E-state index contributed by atoms with van der Waals surface area (Å²) in [5.74, 6) is -0.195. The Hall–Kier alpha value is -3.64. The Balaban J connectivity index is 1.89. The molecule has 0 saturated carbocycles. The van der Waals surface area contributed by atoms with E-state index in [1.807, 2.05) is 0 Å². The van der Waals surface area contributed by atoms with Gasteiger partial charge in [0.1, 0.15) is 11.5 Å². The van der Waals surface area contributed by atoms with E-state index in [-0.39, 0.29) is 5.75 Å². The molecule has 142 valence electrons. The van der Waals surface area contributed by atoms with Crippen molar-refractivity contribution in [2.75, 3.05) is 7.11 Å². The molecule has 0 bridgehead atoms. The summed E-state index contributed by atoms with van der Waals surface area (Å²) >= 11 is 0. The molecule has 3 rings (SSSR count). The number of nitrogens with zero attached hydrogens (tertiary/aromatic N) is 1. The highest BCUT2D eigenvalue weighted by molar-refractivity contribution is 5.91. The fourth-order valence-corrected chi connectivity index (χ4v) is 2.79. The van der Waals surface area contributed by atoms with Gasteiger partial charge in [0.25, 0.3) is 5.91 Å². The molecule has 0 spiro atoms. The molecule has 28 heavy (non-hydrogen) atoms. The van der Waals surface area contributed by atoms with Crippen LogP contribution < -0.4 is 10.2 Å². The molecule has 0 aliphatic carbocycles. The molecule has 0 aliphatic rings. The van der Waals surface area contributed by atoms with Crippen molar-refractivity contribution >= 4 is 12.1 Å². The first-order valence-electron chi connectivity index (χ1n) is 8.59. The summed E-state index contributed by atoms with van der Waals surface area (Å²) in [5, 5.41) is 25.1. The Morgan fingerprint density at radius 3 is 2.11 bits per heavy atom. The van der Waals surface area contributed by atoms with E-state index in [1.165, 1.54) is 19.4 Å². The average Bonchev–Trinajstić information content (AvgIpc) is 2.75. The highest BCUT2D eigenvalue weighted by Crippen LogP contribution is 2.30. The van der Waals surface area contributed by atoms with Crippen LogP contribution in [0, 0.1) is 0 Å². The number of hydrazone groups is 1. The molecule has 0 fully saturated rings. The van der Waals surface area contributed by atoms with Gasteiger partial charge in [-0.05, 0) is 29.3 Å². The van der Waals surface area contributed by atoms with E-state index in [4.69, 9.17) is 4.74 Å². The summed E-state index contributed by atoms with van der Waals surface area (Å²) in [4.78, 5) is 12.9. The van der Waals surface area contributed by atoms with E-state index in [9.17, 15) is 15.0 Å². The van der Waals surface area contributed by atoms with Crippen molar-refractivity contribution in [1.82, 2.24) is 5.43 Å². The quantitative estimate of drug-likeness (QED) is 0.456. The number of hydrogen-bond acceptors (Lipinski definition) is 5. The summed E-state index contributed by atoms with van der Waals surface area (Å²) in [6, 6.07) is 21.9. The minimum absolute atomic E-state index is 0.0137. The summed E-state index contributed by atoms with van der Waals surface area (Å²) in [6.07, 6.45) is 1.28. The zero-order chi connectivity index (χ0) is 20.0. The number of nitrogens with one attached hydrogen (secondary N) is 1. The van der Waals surface area contributed by atoms with Crippen molar-refractivity contribution in [3.05, 3.63) is 95.6 Å². The second-order valence-corrected chi connectivity index (χ2v) is 6.07. The minimum atomic E-state index is -1.92. The molecule has 0 aliphatic heterocycles. The highest BCUT2D eigenvalue weighted by atomic mass is 16.5. The van der Waals surface area contributed by atoms with Crippen molar-refractivity contribution in [2.24, 2.45) is 5.10 Å². The van der Waals surface area contributed by atoms with Crippen LogP contribution in [-0.4, -0.2) is 29.4 Å². The van der Waals surface area contributed by atoms with Crippen molar-refractivity contribution in [3.8, 4) is 11.5 Å². The maximum atomic E-state index is 12.9. The van der Waals surface area contributed by atoms with Crippen LogP contribution in [0.4, 0.5) is 0 Å². The van der Waals surface area contributed by atoms with Gasteiger partial charge in [0, 0.05) is 5.56 Å². The van der Waals surface area contributed by atoms with Crippen LogP contribution in [0.1, 0.15) is 16.7 Å². The van der Waals surface area contributed by atoms with Gasteiger partial charge in [0.15, 0.2) is 5.60 Å². The molecule has 0 radical (unpaired) electrons. The number of methoxy groups -OCH3 is 1. The second kappa shape index (κ2) is 8.37. The first-order valence-corrected chi connectivity index (χ1v) is 8.59. The monoisotopic (exact) mass is 376 g/mol. The molecule has 0 saturated heterocycles. The minimum Gasteiger partial charge on any atom is -0.507 e. The second-order valence-electron chi connectivity index (χ2n) is 6.07. The van der Waals surface area contributed by atoms with Crippen molar-refractivity contribution < 1.29 is 19.7 Å². The fraction of sp³-hybridized carbons (Fsp3) is 0.0909. The third-order valence-corrected chi connectivity index (χ3v) is 4.32. The van der Waals surface area contributed by atoms with Crippen molar-refractivity contribution in [2.45, 2.75) is 5.60 Å². The van der Waals surface area contributed by atoms with E-state index in [0.717, 1.165) is 0 Å². The number of amides is 1. The summed E-state index contributed by atoms with van der Waals surface area (Å²) < 4.78 is 5.11. The molecule has 0 atom stereocenters. The SMILES string of the molecule is COc1ccc(O)c(/C=N\NC(=O)C(O)(c2ccccc2)c2ccccc2)c1. The van der Waals surface area contributed by atoms with Crippen LogP contribution in [0.15, 0.2) is 84.0 Å². The van der Waals surface area contributed by atoms with Crippen LogP contribution in [0.5, 0.6) is 11.5 Å². The van der Waals surface area contributed by atoms with E-state index in [1.54, 1.807) is 72.8 Å². The molecule has 3 aromatic rings. The standard InChI is InChI=1S/C22H20N2O4/c1-28-19-12-13-20(25)16(14-19)15-23-24-21(26)22(27,17-8-4-2-5-9-17)18-10-6-3-7-11-18/h2-15,25,27H,1H3,(H,24,26)/b23-15-. The van der Waals surface area contributed by atoms with Gasteiger partial charge in [-0.25, -0.2) is 5.43 Å². The van der Waals surface area contributed by atoms with Crippen LogP contribution >= 0.6 is 0 Å². The van der Waals surface area contributed by atoms with Gasteiger partial charge >= 0.3 is 0 Å². The Morgan fingerprint density at radius 1 is 1.00 bits per heavy atom. The average molecular weight is 376 g/mol. The predicted octanol–water partition coefficient (Wildman–Crippen LogP) is 2.79. The normalized spacial score (nSPS) is 11.4. The van der Waals surface area contributed by atoms with Gasteiger partial charge in [-0.2, -0.15) is 5.10 Å². The number of carbonyl (C=O) groups is 1. The van der Waals surface area contributed by atoms with Gasteiger partial charge < -0.3 is 14.9 Å². The van der Waals surface area contributed by atoms with Crippen LogP contribution in [-0.2, 0) is 10.4 Å². The maximum Gasteiger partial charge on any atom is 0.281 e. The third-order valence-electron chi connectivity index (χ3n) is 4.32. The number of phenols is 1. The topological polar surface area (TPSA) is 91.2 Å². The third kappa shape index (κ3) is 3.87. The molecular formula is C22H20N2O4. The first-order chi connectivity index (χ1) is 13.6. The molecule has 0 heterocycles. The highest BCUT2D eigenvalue weighted by Gasteiger charge is 2.39. The number of aromatic hydroxyl groups is 1. The lowest BCUT2D eigenvalue weighted by Crippen LogP contribution is -2.43. The number of ether oxygens (including phenoxy) is 1. The van der Waals surface area contributed by atoms with E-state index < -0.39 is 11.5 Å². The lowest BCUT2D eigenvalue weighted by atomic mass is 9.85. The summed E-state index contributed by atoms with van der Waals surface area (Å²) in [7, 11) is 1.51. The van der Waals surface area contributed by atoms with Gasteiger partial charge in [0.2, 0.25) is 0 Å². The molecule has 0 unspecified atom stereocenters. The molecule has 6 heteroatoms. The lowest BCUT2D eigenvalue weighted by Gasteiger charge is -2.27. The van der Waals surface area contributed by atoms with Gasteiger partial charge in [-0.15, -0.1) is 0 Å². The first kappa shape index (κ1) is 19.1. The number of rotatable bonds is 6. The predicted molar refractivity (Wildman–Crippen MR) is 106 cm³/mol. The molecule has 3 N–H and O–H groups in total. The van der Waals surface area contributed by atoms with Crippen molar-refractivity contribution in [3.63, 3.8) is 0 Å². The van der Waals surface area contributed by atoms with Gasteiger partial charge in [-0.1, -0.05) is 60.7 Å². The number of aliphatic hydroxyl groups is 1. The molecule has 1 amide bonds. The maximum absolute atomic E-state index is 12.9.